The standard InChI is InChI=1S/C23H25BrClN5O/c1-30(2)21-17-5-3-4-6-20(17)28-23(29-21)27-16-10-8-15(9-11-16)26-22(31)18-13-14(24)7-12-19(18)25/h3-7,12-13,15-16H,8-11H2,1-2H3,(H,26,31)(H,27,28,29). The van der Waals surface area contributed by atoms with Gasteiger partial charge in [-0.15, -0.1) is 0 Å². The number of rotatable bonds is 5. The molecule has 0 saturated heterocycles. The van der Waals surface area contributed by atoms with Gasteiger partial charge in [0.15, 0.2) is 0 Å². The second-order valence-corrected chi connectivity index (χ2v) is 9.40. The third-order valence-electron chi connectivity index (χ3n) is 5.58. The van der Waals surface area contributed by atoms with Gasteiger partial charge in [0, 0.05) is 36.0 Å². The van der Waals surface area contributed by atoms with Crippen molar-refractivity contribution >= 4 is 56.1 Å². The summed E-state index contributed by atoms with van der Waals surface area (Å²) in [6, 6.07) is 13.8. The zero-order valence-electron chi connectivity index (χ0n) is 17.5. The molecular formula is C23H25BrClN5O. The molecule has 2 aromatic carbocycles. The van der Waals surface area contributed by atoms with Gasteiger partial charge < -0.3 is 15.5 Å². The van der Waals surface area contributed by atoms with E-state index in [1.54, 1.807) is 12.1 Å². The number of anilines is 2. The minimum atomic E-state index is -0.129. The predicted molar refractivity (Wildman–Crippen MR) is 130 cm³/mol. The molecule has 1 fully saturated rings. The fourth-order valence-electron chi connectivity index (χ4n) is 3.96. The molecule has 8 heteroatoms. The SMILES string of the molecule is CN(C)c1nc(NC2CCC(NC(=O)c3cc(Br)ccc3Cl)CC2)nc2ccccc12. The zero-order valence-corrected chi connectivity index (χ0v) is 19.9. The molecule has 0 bridgehead atoms. The van der Waals surface area contributed by atoms with E-state index < -0.39 is 0 Å². The number of carbonyl (C=O) groups is 1. The monoisotopic (exact) mass is 501 g/mol. The van der Waals surface area contributed by atoms with E-state index in [-0.39, 0.29) is 18.0 Å². The summed E-state index contributed by atoms with van der Waals surface area (Å²) < 4.78 is 0.836. The number of benzene rings is 2. The number of hydrogen-bond donors (Lipinski definition) is 2. The lowest BCUT2D eigenvalue weighted by molar-refractivity contribution is 0.0926. The molecular weight excluding hydrogens is 478 g/mol. The number of halogens is 2. The van der Waals surface area contributed by atoms with Gasteiger partial charge in [0.2, 0.25) is 5.95 Å². The summed E-state index contributed by atoms with van der Waals surface area (Å²) in [4.78, 5) is 24.1. The quantitative estimate of drug-likeness (QED) is 0.498. The van der Waals surface area contributed by atoms with Crippen LogP contribution in [0.5, 0.6) is 0 Å². The average molecular weight is 503 g/mol. The van der Waals surface area contributed by atoms with E-state index in [0.717, 1.165) is 46.9 Å². The van der Waals surface area contributed by atoms with Gasteiger partial charge in [-0.2, -0.15) is 4.98 Å². The van der Waals surface area contributed by atoms with Crippen molar-refractivity contribution in [2.24, 2.45) is 0 Å². The van der Waals surface area contributed by atoms with Gasteiger partial charge in [-0.1, -0.05) is 39.7 Å². The van der Waals surface area contributed by atoms with Crippen LogP contribution in [0.15, 0.2) is 46.9 Å². The van der Waals surface area contributed by atoms with Gasteiger partial charge in [-0.3, -0.25) is 4.79 Å². The van der Waals surface area contributed by atoms with Crippen LogP contribution in [-0.4, -0.2) is 42.1 Å². The summed E-state index contributed by atoms with van der Waals surface area (Å²) in [6.45, 7) is 0. The molecule has 1 aromatic heterocycles. The zero-order chi connectivity index (χ0) is 22.0. The summed E-state index contributed by atoms with van der Waals surface area (Å²) >= 11 is 9.59. The Labute approximate surface area is 195 Å². The van der Waals surface area contributed by atoms with Gasteiger partial charge in [0.1, 0.15) is 5.82 Å². The molecule has 0 atom stereocenters. The maximum atomic E-state index is 12.6. The number of carbonyl (C=O) groups excluding carboxylic acids is 1. The number of aromatic nitrogens is 2. The van der Waals surface area contributed by atoms with Crippen LogP contribution in [0.3, 0.4) is 0 Å². The van der Waals surface area contributed by atoms with Crippen molar-refractivity contribution in [2.75, 3.05) is 24.3 Å². The predicted octanol–water partition coefficient (Wildman–Crippen LogP) is 5.26. The minimum absolute atomic E-state index is 0.129. The van der Waals surface area contributed by atoms with Crippen LogP contribution >= 0.6 is 27.5 Å². The minimum Gasteiger partial charge on any atom is -0.362 e. The van der Waals surface area contributed by atoms with Crippen LogP contribution < -0.4 is 15.5 Å². The van der Waals surface area contributed by atoms with E-state index in [4.69, 9.17) is 21.6 Å². The lowest BCUT2D eigenvalue weighted by Crippen LogP contribution is -2.40. The molecule has 1 amide bonds. The van der Waals surface area contributed by atoms with E-state index >= 15 is 0 Å². The lowest BCUT2D eigenvalue weighted by Gasteiger charge is -2.30. The normalized spacial score (nSPS) is 18.6. The van der Waals surface area contributed by atoms with E-state index in [1.807, 2.05) is 49.3 Å². The Morgan fingerprint density at radius 3 is 2.52 bits per heavy atom. The lowest BCUT2D eigenvalue weighted by atomic mass is 9.91. The number of nitrogens with one attached hydrogen (secondary N) is 2. The van der Waals surface area contributed by atoms with Crippen LogP contribution in [0.1, 0.15) is 36.0 Å². The highest BCUT2D eigenvalue weighted by atomic mass is 79.9. The second-order valence-electron chi connectivity index (χ2n) is 8.07. The molecule has 1 aliphatic carbocycles. The molecule has 0 aliphatic heterocycles. The third kappa shape index (κ3) is 5.10. The highest BCUT2D eigenvalue weighted by Crippen LogP contribution is 2.27. The third-order valence-corrected chi connectivity index (χ3v) is 6.40. The summed E-state index contributed by atoms with van der Waals surface area (Å²) in [5, 5.41) is 8.12. The van der Waals surface area contributed by atoms with Gasteiger partial charge >= 0.3 is 0 Å². The molecule has 3 aromatic rings. The first-order valence-corrected chi connectivity index (χ1v) is 11.5. The Morgan fingerprint density at radius 2 is 1.77 bits per heavy atom. The Hall–Kier alpha value is -2.38. The van der Waals surface area contributed by atoms with Crippen molar-refractivity contribution in [3.05, 3.63) is 57.5 Å². The largest absolute Gasteiger partial charge is 0.362 e. The second kappa shape index (κ2) is 9.40. The van der Waals surface area contributed by atoms with Gasteiger partial charge in [-0.25, -0.2) is 4.98 Å². The van der Waals surface area contributed by atoms with E-state index in [1.165, 1.54) is 0 Å². The van der Waals surface area contributed by atoms with Gasteiger partial charge in [-0.05, 0) is 56.0 Å². The summed E-state index contributed by atoms with van der Waals surface area (Å²) in [5.41, 5.74) is 1.42. The number of para-hydroxylation sites is 1. The molecule has 2 N–H and O–H groups in total. The van der Waals surface area contributed by atoms with Crippen molar-refractivity contribution in [1.82, 2.24) is 15.3 Å². The van der Waals surface area contributed by atoms with Crippen LogP contribution in [0.2, 0.25) is 5.02 Å². The summed E-state index contributed by atoms with van der Waals surface area (Å²) in [7, 11) is 3.98. The van der Waals surface area contributed by atoms with Crippen molar-refractivity contribution < 1.29 is 4.79 Å². The maximum Gasteiger partial charge on any atom is 0.253 e. The summed E-state index contributed by atoms with van der Waals surface area (Å²) in [5.74, 6) is 1.42. The number of fused-ring (bicyclic) bond motifs is 1. The van der Waals surface area contributed by atoms with E-state index in [0.29, 0.717) is 16.5 Å². The summed E-state index contributed by atoms with van der Waals surface area (Å²) in [6.07, 6.45) is 3.65. The Kier molecular flexibility index (Phi) is 6.62. The average Bonchev–Trinajstić information content (AvgIpc) is 2.76. The topological polar surface area (TPSA) is 70.2 Å². The van der Waals surface area contributed by atoms with Crippen molar-refractivity contribution in [1.29, 1.82) is 0 Å². The van der Waals surface area contributed by atoms with Gasteiger partial charge in [0.25, 0.3) is 5.91 Å². The van der Waals surface area contributed by atoms with E-state index in [2.05, 4.69) is 26.6 Å². The van der Waals surface area contributed by atoms with Crippen molar-refractivity contribution in [3.63, 3.8) is 0 Å². The molecule has 1 saturated carbocycles. The highest BCUT2D eigenvalue weighted by Gasteiger charge is 2.24. The maximum absolute atomic E-state index is 12.6. The Balaban J connectivity index is 1.38. The molecule has 31 heavy (non-hydrogen) atoms. The van der Waals surface area contributed by atoms with Crippen molar-refractivity contribution in [2.45, 2.75) is 37.8 Å². The molecule has 4 rings (SSSR count). The van der Waals surface area contributed by atoms with Crippen LogP contribution in [-0.2, 0) is 0 Å². The molecule has 1 aliphatic rings. The molecule has 162 valence electrons. The highest BCUT2D eigenvalue weighted by molar-refractivity contribution is 9.10. The van der Waals surface area contributed by atoms with Crippen molar-refractivity contribution in [3.8, 4) is 0 Å². The first kappa shape index (κ1) is 21.8. The van der Waals surface area contributed by atoms with Crippen LogP contribution in [0.25, 0.3) is 10.9 Å². The molecule has 0 unspecified atom stereocenters. The van der Waals surface area contributed by atoms with Gasteiger partial charge in [0.05, 0.1) is 16.1 Å². The van der Waals surface area contributed by atoms with E-state index in [9.17, 15) is 4.79 Å². The molecule has 0 radical (unpaired) electrons. The van der Waals surface area contributed by atoms with Crippen LogP contribution in [0, 0.1) is 0 Å². The smallest absolute Gasteiger partial charge is 0.253 e. The first-order valence-electron chi connectivity index (χ1n) is 10.4. The Morgan fingerprint density at radius 1 is 1.06 bits per heavy atom. The number of hydrogen-bond acceptors (Lipinski definition) is 5. The van der Waals surface area contributed by atoms with Crippen LogP contribution in [0.4, 0.5) is 11.8 Å². The first-order chi connectivity index (χ1) is 14.9. The molecule has 6 nitrogen and oxygen atoms in total. The Bertz CT molecular complexity index is 1100. The molecule has 0 spiro atoms. The fraction of sp³-hybridized carbons (Fsp3) is 0.348. The molecule has 1 heterocycles. The number of nitrogens with zero attached hydrogens (tertiary/aromatic N) is 3. The fourth-order valence-corrected chi connectivity index (χ4v) is 4.53. The number of amides is 1.